The third-order valence-electron chi connectivity index (χ3n) is 2.82. The Bertz CT molecular complexity index is 465. The van der Waals surface area contributed by atoms with Crippen LogP contribution in [0.4, 0.5) is 4.79 Å². The highest BCUT2D eigenvalue weighted by molar-refractivity contribution is 7.09. The molecule has 1 unspecified atom stereocenters. The zero-order chi connectivity index (χ0) is 14.6. The summed E-state index contributed by atoms with van der Waals surface area (Å²) < 4.78 is 0. The summed E-state index contributed by atoms with van der Waals surface area (Å²) in [7, 11) is 0. The van der Waals surface area contributed by atoms with Crippen LogP contribution in [0.3, 0.4) is 0 Å². The Balaban J connectivity index is 2.44. The lowest BCUT2D eigenvalue weighted by atomic mass is 9.88. The summed E-state index contributed by atoms with van der Waals surface area (Å²) in [6.07, 6.45) is 0. The molecule has 0 aromatic carbocycles. The smallest absolute Gasteiger partial charge is 0.355 e. The molecule has 0 radical (unpaired) electrons. The van der Waals surface area contributed by atoms with Crippen molar-refractivity contribution in [2.24, 2.45) is 5.41 Å². The summed E-state index contributed by atoms with van der Waals surface area (Å²) in [5, 5.41) is 16.2. The number of nitrogens with one attached hydrogen (secondary N) is 2. The highest BCUT2D eigenvalue weighted by Crippen LogP contribution is 2.18. The third-order valence-corrected chi connectivity index (χ3v) is 3.67. The molecule has 1 rings (SSSR count). The van der Waals surface area contributed by atoms with Crippen LogP contribution in [-0.4, -0.2) is 28.1 Å². The lowest BCUT2D eigenvalue weighted by Crippen LogP contribution is -2.46. The molecule has 0 aliphatic rings. The summed E-state index contributed by atoms with van der Waals surface area (Å²) >= 11 is 1.21. The molecule has 2 amide bonds. The fourth-order valence-electron chi connectivity index (χ4n) is 1.11. The number of carbonyl (C=O) groups is 2. The summed E-state index contributed by atoms with van der Waals surface area (Å²) in [5.74, 6) is -1.06. The van der Waals surface area contributed by atoms with E-state index in [-0.39, 0.29) is 29.7 Å². The zero-order valence-electron chi connectivity index (χ0n) is 11.5. The molecule has 106 valence electrons. The SMILES string of the molecule is CC(NC(=O)NCc1nc(C(=O)O)cs1)C(C)(C)C. The minimum atomic E-state index is -1.06. The molecule has 1 aromatic heterocycles. The van der Waals surface area contributed by atoms with Gasteiger partial charge in [0, 0.05) is 11.4 Å². The van der Waals surface area contributed by atoms with Gasteiger partial charge < -0.3 is 15.7 Å². The molecule has 0 saturated carbocycles. The van der Waals surface area contributed by atoms with Gasteiger partial charge in [-0.3, -0.25) is 0 Å². The van der Waals surface area contributed by atoms with E-state index in [1.165, 1.54) is 16.7 Å². The Morgan fingerprint density at radius 1 is 1.47 bits per heavy atom. The van der Waals surface area contributed by atoms with Crippen molar-refractivity contribution in [2.45, 2.75) is 40.3 Å². The second kappa shape index (κ2) is 6.01. The molecule has 1 aromatic rings. The number of carboxylic acids is 1. The summed E-state index contributed by atoms with van der Waals surface area (Å²) in [4.78, 5) is 26.2. The normalized spacial score (nSPS) is 12.8. The molecule has 0 aliphatic heterocycles. The van der Waals surface area contributed by atoms with Gasteiger partial charge in [0.2, 0.25) is 0 Å². The van der Waals surface area contributed by atoms with Gasteiger partial charge in [-0.05, 0) is 12.3 Å². The Labute approximate surface area is 116 Å². The first-order valence-electron chi connectivity index (χ1n) is 5.92. The van der Waals surface area contributed by atoms with E-state index in [1.807, 2.05) is 27.7 Å². The maximum absolute atomic E-state index is 11.7. The number of thiazole rings is 1. The van der Waals surface area contributed by atoms with Crippen LogP contribution >= 0.6 is 11.3 Å². The first-order chi connectivity index (χ1) is 8.70. The molecule has 7 heteroatoms. The van der Waals surface area contributed by atoms with Crippen molar-refractivity contribution in [1.29, 1.82) is 0 Å². The maximum Gasteiger partial charge on any atom is 0.355 e. The topological polar surface area (TPSA) is 91.3 Å². The molecular formula is C12H19N3O3S. The fourth-order valence-corrected chi connectivity index (χ4v) is 1.82. The molecular weight excluding hydrogens is 266 g/mol. The minimum Gasteiger partial charge on any atom is -0.476 e. The predicted molar refractivity (Wildman–Crippen MR) is 73.4 cm³/mol. The maximum atomic E-state index is 11.7. The van der Waals surface area contributed by atoms with Gasteiger partial charge >= 0.3 is 12.0 Å². The van der Waals surface area contributed by atoms with E-state index in [1.54, 1.807) is 0 Å². The van der Waals surface area contributed by atoms with Gasteiger partial charge in [-0.15, -0.1) is 11.3 Å². The van der Waals surface area contributed by atoms with E-state index >= 15 is 0 Å². The van der Waals surface area contributed by atoms with Gasteiger partial charge in [0.25, 0.3) is 0 Å². The minimum absolute atomic E-state index is 0.00488. The molecule has 3 N–H and O–H groups in total. The van der Waals surface area contributed by atoms with Crippen LogP contribution in [0.25, 0.3) is 0 Å². The first kappa shape index (κ1) is 15.4. The van der Waals surface area contributed by atoms with Crippen LogP contribution in [0.5, 0.6) is 0 Å². The van der Waals surface area contributed by atoms with Gasteiger partial charge in [-0.2, -0.15) is 0 Å². The highest BCUT2D eigenvalue weighted by atomic mass is 32.1. The van der Waals surface area contributed by atoms with E-state index in [0.717, 1.165) is 0 Å². The Hall–Kier alpha value is -1.63. The number of hydrogen-bond donors (Lipinski definition) is 3. The number of aromatic carboxylic acids is 1. The molecule has 0 aliphatic carbocycles. The number of carbonyl (C=O) groups excluding carboxylic acids is 1. The number of urea groups is 1. The van der Waals surface area contributed by atoms with Crippen molar-refractivity contribution in [2.75, 3.05) is 0 Å². The van der Waals surface area contributed by atoms with Gasteiger partial charge in [0.05, 0.1) is 6.54 Å². The van der Waals surface area contributed by atoms with Crippen molar-refractivity contribution in [3.8, 4) is 0 Å². The van der Waals surface area contributed by atoms with Crippen molar-refractivity contribution >= 4 is 23.3 Å². The van der Waals surface area contributed by atoms with Gasteiger partial charge in [0.15, 0.2) is 5.69 Å². The number of rotatable bonds is 4. The van der Waals surface area contributed by atoms with E-state index in [2.05, 4.69) is 15.6 Å². The van der Waals surface area contributed by atoms with E-state index in [0.29, 0.717) is 5.01 Å². The average Bonchev–Trinajstić information content (AvgIpc) is 2.73. The lowest BCUT2D eigenvalue weighted by Gasteiger charge is -2.27. The van der Waals surface area contributed by atoms with Crippen molar-refractivity contribution in [3.63, 3.8) is 0 Å². The zero-order valence-corrected chi connectivity index (χ0v) is 12.3. The van der Waals surface area contributed by atoms with Crippen LogP contribution in [0, 0.1) is 5.41 Å². The first-order valence-corrected chi connectivity index (χ1v) is 6.80. The largest absolute Gasteiger partial charge is 0.476 e. The molecule has 1 heterocycles. The standard InChI is InChI=1S/C12H19N3O3S/c1-7(12(2,3)4)14-11(18)13-5-9-15-8(6-19-9)10(16)17/h6-7H,5H2,1-4H3,(H,16,17)(H2,13,14,18). The summed E-state index contributed by atoms with van der Waals surface area (Å²) in [6.45, 7) is 8.28. The Morgan fingerprint density at radius 3 is 2.58 bits per heavy atom. The second-order valence-electron chi connectivity index (χ2n) is 5.35. The Morgan fingerprint density at radius 2 is 2.11 bits per heavy atom. The van der Waals surface area contributed by atoms with Crippen molar-refractivity contribution in [1.82, 2.24) is 15.6 Å². The number of nitrogens with zero attached hydrogens (tertiary/aromatic N) is 1. The molecule has 6 nitrogen and oxygen atoms in total. The number of hydrogen-bond acceptors (Lipinski definition) is 4. The fraction of sp³-hybridized carbons (Fsp3) is 0.583. The summed E-state index contributed by atoms with van der Waals surface area (Å²) in [5.41, 5.74) is -0.0140. The van der Waals surface area contributed by atoms with Gasteiger partial charge in [-0.1, -0.05) is 20.8 Å². The second-order valence-corrected chi connectivity index (χ2v) is 6.29. The molecule has 1 atom stereocenters. The molecule has 0 saturated heterocycles. The van der Waals surface area contributed by atoms with Gasteiger partial charge in [0.1, 0.15) is 5.01 Å². The van der Waals surface area contributed by atoms with Gasteiger partial charge in [-0.25, -0.2) is 14.6 Å². The molecule has 0 fully saturated rings. The van der Waals surface area contributed by atoms with E-state index in [9.17, 15) is 9.59 Å². The van der Waals surface area contributed by atoms with Crippen LogP contribution in [0.15, 0.2) is 5.38 Å². The number of amides is 2. The van der Waals surface area contributed by atoms with Crippen LogP contribution in [-0.2, 0) is 6.54 Å². The lowest BCUT2D eigenvalue weighted by molar-refractivity contribution is 0.0691. The molecule has 0 bridgehead atoms. The van der Waals surface area contributed by atoms with E-state index < -0.39 is 5.97 Å². The average molecular weight is 285 g/mol. The van der Waals surface area contributed by atoms with Crippen molar-refractivity contribution in [3.05, 3.63) is 16.1 Å². The molecule has 0 spiro atoms. The number of aromatic nitrogens is 1. The number of carboxylic acid groups (broad SMARTS) is 1. The Kier molecular flexibility index (Phi) is 4.88. The van der Waals surface area contributed by atoms with Crippen molar-refractivity contribution < 1.29 is 14.7 Å². The predicted octanol–water partition coefficient (Wildman–Crippen LogP) is 2.08. The molecule has 19 heavy (non-hydrogen) atoms. The van der Waals surface area contributed by atoms with Crippen LogP contribution in [0.2, 0.25) is 0 Å². The monoisotopic (exact) mass is 285 g/mol. The summed E-state index contributed by atoms with van der Waals surface area (Å²) in [6, 6.07) is -0.257. The van der Waals surface area contributed by atoms with E-state index in [4.69, 9.17) is 5.11 Å². The van der Waals surface area contributed by atoms with Crippen LogP contribution < -0.4 is 10.6 Å². The quantitative estimate of drug-likeness (QED) is 0.789. The van der Waals surface area contributed by atoms with Crippen LogP contribution in [0.1, 0.15) is 43.2 Å². The third kappa shape index (κ3) is 4.86. The highest BCUT2D eigenvalue weighted by Gasteiger charge is 2.21.